The minimum atomic E-state index is 0.0100. The molecule has 0 amide bonds. The van der Waals surface area contributed by atoms with E-state index in [0.717, 1.165) is 6.42 Å². The largest absolute Gasteiger partial charge is 0.371 e. The molecule has 4 bridgehead atoms. The molecule has 2 heteroatoms. The van der Waals surface area contributed by atoms with Crippen molar-refractivity contribution < 1.29 is 9.47 Å². The predicted octanol–water partition coefficient (Wildman–Crippen LogP) is 5.04. The summed E-state index contributed by atoms with van der Waals surface area (Å²) in [5.74, 6) is 0. The van der Waals surface area contributed by atoms with Crippen molar-refractivity contribution in [2.45, 2.75) is 76.4 Å². The summed E-state index contributed by atoms with van der Waals surface area (Å²) in [6, 6.07) is 0. The van der Waals surface area contributed by atoms with Gasteiger partial charge in [0.1, 0.15) is 0 Å². The molecule has 0 aromatic heterocycles. The normalized spacial score (nSPS) is 45.9. The molecule has 4 aliphatic rings. The first-order valence-electron chi connectivity index (χ1n) is 8.98. The van der Waals surface area contributed by atoms with E-state index >= 15 is 0 Å². The summed E-state index contributed by atoms with van der Waals surface area (Å²) in [5.41, 5.74) is 0.840. The summed E-state index contributed by atoms with van der Waals surface area (Å²) < 4.78 is 12.9. The van der Waals surface area contributed by atoms with E-state index in [2.05, 4.69) is 27.0 Å². The van der Waals surface area contributed by atoms with Crippen LogP contribution < -0.4 is 0 Å². The highest BCUT2D eigenvalue weighted by Crippen LogP contribution is 2.71. The molecule has 2 nitrogen and oxygen atoms in total. The van der Waals surface area contributed by atoms with Gasteiger partial charge in [0.25, 0.3) is 0 Å². The van der Waals surface area contributed by atoms with Gasteiger partial charge >= 0.3 is 0 Å². The van der Waals surface area contributed by atoms with Gasteiger partial charge in [-0.3, -0.25) is 0 Å². The van der Waals surface area contributed by atoms with Crippen LogP contribution in [0.1, 0.15) is 65.2 Å². The topological polar surface area (TPSA) is 18.5 Å². The number of hydrogen-bond acceptors (Lipinski definition) is 2. The average molecular weight is 304 g/mol. The van der Waals surface area contributed by atoms with Crippen molar-refractivity contribution in [2.24, 2.45) is 10.8 Å². The molecule has 0 atom stereocenters. The minimum Gasteiger partial charge on any atom is -0.371 e. The Bertz CT molecular complexity index is 399. The molecular formula is C20H32O2. The van der Waals surface area contributed by atoms with Crippen LogP contribution in [0.4, 0.5) is 0 Å². The SMILES string of the molecule is C=CCOC12CC3(CC)CC(CC)(C1)CC(OCC=C)(C3)C2. The van der Waals surface area contributed by atoms with Crippen molar-refractivity contribution in [2.75, 3.05) is 13.2 Å². The standard InChI is InChI=1S/C20H32O2/c1-5-9-21-19-12-17(7-3)11-18(8-4,13-19)15-20(14-17,16-19)22-10-6-2/h5-6H,1-2,7-16H2,3-4H3. The van der Waals surface area contributed by atoms with Gasteiger partial charge in [-0.1, -0.05) is 38.8 Å². The van der Waals surface area contributed by atoms with Crippen LogP contribution in [0.15, 0.2) is 25.3 Å². The third kappa shape index (κ3) is 2.49. The summed E-state index contributed by atoms with van der Waals surface area (Å²) in [5, 5.41) is 0. The molecule has 0 saturated heterocycles. The molecule has 0 aromatic carbocycles. The zero-order valence-corrected chi connectivity index (χ0v) is 14.5. The van der Waals surface area contributed by atoms with Gasteiger partial charge in [0, 0.05) is 6.42 Å². The fourth-order valence-corrected chi connectivity index (χ4v) is 6.39. The Hall–Kier alpha value is -0.600. The highest BCUT2D eigenvalue weighted by Gasteiger charge is 2.68. The van der Waals surface area contributed by atoms with Crippen molar-refractivity contribution in [3.63, 3.8) is 0 Å². The number of rotatable bonds is 8. The summed E-state index contributed by atoms with van der Waals surface area (Å²) in [6.45, 7) is 13.7. The second-order valence-electron chi connectivity index (χ2n) is 8.33. The summed E-state index contributed by atoms with van der Waals surface area (Å²) in [6.07, 6.45) is 13.6. The summed E-state index contributed by atoms with van der Waals surface area (Å²) in [7, 11) is 0. The van der Waals surface area contributed by atoms with Crippen LogP contribution in [0.2, 0.25) is 0 Å². The Morgan fingerprint density at radius 2 is 1.14 bits per heavy atom. The lowest BCUT2D eigenvalue weighted by Crippen LogP contribution is -2.68. The van der Waals surface area contributed by atoms with Crippen molar-refractivity contribution in [3.8, 4) is 0 Å². The molecule has 4 rings (SSSR count). The lowest BCUT2D eigenvalue weighted by Gasteiger charge is -2.70. The van der Waals surface area contributed by atoms with E-state index < -0.39 is 0 Å². The molecule has 124 valence electrons. The maximum atomic E-state index is 6.43. The summed E-state index contributed by atoms with van der Waals surface area (Å²) >= 11 is 0. The molecule has 0 aromatic rings. The smallest absolute Gasteiger partial charge is 0.0724 e. The van der Waals surface area contributed by atoms with Crippen LogP contribution in [0, 0.1) is 10.8 Å². The molecule has 4 fully saturated rings. The minimum absolute atomic E-state index is 0.0100. The van der Waals surface area contributed by atoms with Gasteiger partial charge in [-0.2, -0.15) is 0 Å². The quantitative estimate of drug-likeness (QED) is 0.585. The molecular weight excluding hydrogens is 272 g/mol. The fourth-order valence-electron chi connectivity index (χ4n) is 6.39. The van der Waals surface area contributed by atoms with Gasteiger partial charge in [-0.25, -0.2) is 0 Å². The third-order valence-electron chi connectivity index (χ3n) is 6.70. The van der Waals surface area contributed by atoms with Gasteiger partial charge in [0.05, 0.1) is 24.4 Å². The van der Waals surface area contributed by atoms with Gasteiger partial charge in [-0.05, 0) is 42.9 Å². The molecule has 0 radical (unpaired) electrons. The van der Waals surface area contributed by atoms with Crippen molar-refractivity contribution in [1.29, 1.82) is 0 Å². The van der Waals surface area contributed by atoms with Crippen LogP contribution in [0.5, 0.6) is 0 Å². The first kappa shape index (κ1) is 16.3. The first-order chi connectivity index (χ1) is 10.5. The lowest BCUT2D eigenvalue weighted by atomic mass is 9.40. The van der Waals surface area contributed by atoms with E-state index in [9.17, 15) is 0 Å². The van der Waals surface area contributed by atoms with E-state index in [-0.39, 0.29) is 11.2 Å². The second-order valence-corrected chi connectivity index (χ2v) is 8.33. The molecule has 0 heterocycles. The molecule has 0 aliphatic heterocycles. The van der Waals surface area contributed by atoms with Crippen LogP contribution in [0.3, 0.4) is 0 Å². The lowest BCUT2D eigenvalue weighted by molar-refractivity contribution is -0.283. The van der Waals surface area contributed by atoms with Gasteiger partial charge in [0.15, 0.2) is 0 Å². The van der Waals surface area contributed by atoms with Crippen LogP contribution in [0.25, 0.3) is 0 Å². The first-order valence-corrected chi connectivity index (χ1v) is 8.98. The third-order valence-corrected chi connectivity index (χ3v) is 6.70. The molecule has 0 unspecified atom stereocenters. The van der Waals surface area contributed by atoms with Gasteiger partial charge in [-0.15, -0.1) is 13.2 Å². The molecule has 22 heavy (non-hydrogen) atoms. The zero-order chi connectivity index (χ0) is 15.9. The average Bonchev–Trinajstić information content (AvgIpc) is 2.50. The molecule has 0 N–H and O–H groups in total. The van der Waals surface area contributed by atoms with Crippen LogP contribution in [-0.4, -0.2) is 24.4 Å². The Labute approximate surface area is 136 Å². The fraction of sp³-hybridized carbons (Fsp3) is 0.800. The van der Waals surface area contributed by atoms with Gasteiger partial charge < -0.3 is 9.47 Å². The Kier molecular flexibility index (Phi) is 4.06. The second kappa shape index (κ2) is 5.49. The predicted molar refractivity (Wildman–Crippen MR) is 90.9 cm³/mol. The Morgan fingerprint density at radius 3 is 1.45 bits per heavy atom. The Balaban J connectivity index is 1.97. The van der Waals surface area contributed by atoms with Crippen LogP contribution >= 0.6 is 0 Å². The van der Waals surface area contributed by atoms with E-state index in [1.165, 1.54) is 44.9 Å². The highest BCUT2D eigenvalue weighted by atomic mass is 16.5. The molecule has 4 saturated carbocycles. The number of hydrogen-bond donors (Lipinski definition) is 0. The van der Waals surface area contributed by atoms with Crippen LogP contribution in [-0.2, 0) is 9.47 Å². The Morgan fingerprint density at radius 1 is 0.727 bits per heavy atom. The van der Waals surface area contributed by atoms with Crippen molar-refractivity contribution in [3.05, 3.63) is 25.3 Å². The molecule has 0 spiro atoms. The maximum Gasteiger partial charge on any atom is 0.0724 e. The maximum absolute atomic E-state index is 6.43. The van der Waals surface area contributed by atoms with Gasteiger partial charge in [0.2, 0.25) is 0 Å². The van der Waals surface area contributed by atoms with Crippen molar-refractivity contribution in [1.82, 2.24) is 0 Å². The van der Waals surface area contributed by atoms with E-state index in [0.29, 0.717) is 24.0 Å². The number of ether oxygens (including phenoxy) is 2. The van der Waals surface area contributed by atoms with E-state index in [1.807, 2.05) is 12.2 Å². The van der Waals surface area contributed by atoms with E-state index in [4.69, 9.17) is 9.47 Å². The summed E-state index contributed by atoms with van der Waals surface area (Å²) in [4.78, 5) is 0. The molecule has 4 aliphatic carbocycles. The zero-order valence-electron chi connectivity index (χ0n) is 14.5. The van der Waals surface area contributed by atoms with Crippen molar-refractivity contribution >= 4 is 0 Å². The highest BCUT2D eigenvalue weighted by molar-refractivity contribution is 5.19. The monoisotopic (exact) mass is 304 g/mol. The van der Waals surface area contributed by atoms with E-state index in [1.54, 1.807) is 0 Å².